The molecule has 0 saturated heterocycles. The molecule has 0 unspecified atom stereocenters. The SMILES string of the molecule is CCOC(=O)c1c(Nc2ccc(I)cc2F)c2cnccc2n1CCc1ccccc1. The van der Waals surface area contributed by atoms with E-state index in [0.717, 1.165) is 26.5 Å². The molecule has 0 atom stereocenters. The quantitative estimate of drug-likeness (QED) is 0.238. The van der Waals surface area contributed by atoms with E-state index >= 15 is 0 Å². The zero-order valence-corrected chi connectivity index (χ0v) is 19.1. The van der Waals surface area contributed by atoms with Crippen LogP contribution in [0.15, 0.2) is 67.0 Å². The van der Waals surface area contributed by atoms with Gasteiger partial charge in [-0.05, 0) is 65.8 Å². The van der Waals surface area contributed by atoms with E-state index in [4.69, 9.17) is 4.74 Å². The lowest BCUT2D eigenvalue weighted by molar-refractivity contribution is 0.0515. The van der Waals surface area contributed by atoms with Crippen LogP contribution in [-0.2, 0) is 17.7 Å². The number of nitrogens with zero attached hydrogens (tertiary/aromatic N) is 2. The molecule has 0 radical (unpaired) electrons. The molecule has 4 rings (SSSR count). The molecule has 0 aliphatic carbocycles. The van der Waals surface area contributed by atoms with Crippen molar-refractivity contribution < 1.29 is 13.9 Å². The van der Waals surface area contributed by atoms with Gasteiger partial charge in [-0.25, -0.2) is 9.18 Å². The number of aryl methyl sites for hydroxylation is 2. The van der Waals surface area contributed by atoms with Crippen molar-refractivity contribution in [3.63, 3.8) is 0 Å². The van der Waals surface area contributed by atoms with Crippen molar-refractivity contribution in [3.05, 3.63) is 87.6 Å². The van der Waals surface area contributed by atoms with Gasteiger partial charge in [-0.2, -0.15) is 0 Å². The number of hydrogen-bond acceptors (Lipinski definition) is 4. The number of fused-ring (bicyclic) bond motifs is 1. The maximum atomic E-state index is 14.6. The summed E-state index contributed by atoms with van der Waals surface area (Å²) < 4.78 is 22.7. The number of nitrogens with one attached hydrogen (secondary N) is 1. The average Bonchev–Trinajstić information content (AvgIpc) is 3.08. The van der Waals surface area contributed by atoms with E-state index in [2.05, 4.69) is 45.0 Å². The van der Waals surface area contributed by atoms with Crippen LogP contribution in [0.1, 0.15) is 23.0 Å². The Bertz CT molecular complexity index is 1220. The Balaban J connectivity index is 1.83. The Labute approximate surface area is 193 Å². The van der Waals surface area contributed by atoms with Crippen LogP contribution in [0.5, 0.6) is 0 Å². The fourth-order valence-corrected chi connectivity index (χ4v) is 4.03. The maximum Gasteiger partial charge on any atom is 0.357 e. The van der Waals surface area contributed by atoms with Gasteiger partial charge in [0.1, 0.15) is 5.82 Å². The van der Waals surface area contributed by atoms with Crippen LogP contribution in [0.3, 0.4) is 0 Å². The number of hydrogen-bond donors (Lipinski definition) is 1. The molecule has 0 fully saturated rings. The van der Waals surface area contributed by atoms with Gasteiger partial charge in [0.25, 0.3) is 0 Å². The van der Waals surface area contributed by atoms with E-state index in [1.165, 1.54) is 6.07 Å². The van der Waals surface area contributed by atoms with Crippen molar-refractivity contribution in [1.29, 1.82) is 0 Å². The monoisotopic (exact) mass is 529 g/mol. The number of rotatable bonds is 7. The third kappa shape index (κ3) is 4.56. The second kappa shape index (κ2) is 9.47. The van der Waals surface area contributed by atoms with Crippen molar-refractivity contribution in [3.8, 4) is 0 Å². The van der Waals surface area contributed by atoms with Gasteiger partial charge in [-0.3, -0.25) is 4.98 Å². The molecule has 158 valence electrons. The van der Waals surface area contributed by atoms with Crippen LogP contribution >= 0.6 is 22.6 Å². The van der Waals surface area contributed by atoms with Gasteiger partial charge >= 0.3 is 5.97 Å². The summed E-state index contributed by atoms with van der Waals surface area (Å²) in [6.45, 7) is 2.58. The van der Waals surface area contributed by atoms with E-state index in [1.54, 1.807) is 25.4 Å². The van der Waals surface area contributed by atoms with Crippen LogP contribution in [0.4, 0.5) is 15.8 Å². The molecule has 5 nitrogen and oxygen atoms in total. The number of carbonyl (C=O) groups excluding carboxylic acids is 1. The lowest BCUT2D eigenvalue weighted by Gasteiger charge is -2.13. The number of ether oxygens (including phenoxy) is 1. The minimum Gasteiger partial charge on any atom is -0.461 e. The molecular weight excluding hydrogens is 508 g/mol. The highest BCUT2D eigenvalue weighted by Gasteiger charge is 2.25. The van der Waals surface area contributed by atoms with E-state index < -0.39 is 11.8 Å². The van der Waals surface area contributed by atoms with Crippen LogP contribution in [0, 0.1) is 9.39 Å². The average molecular weight is 529 g/mol. The summed E-state index contributed by atoms with van der Waals surface area (Å²) in [5, 5.41) is 3.86. The van der Waals surface area contributed by atoms with Gasteiger partial charge in [0.15, 0.2) is 5.69 Å². The fourth-order valence-electron chi connectivity index (χ4n) is 3.58. The van der Waals surface area contributed by atoms with Gasteiger partial charge in [0, 0.05) is 27.9 Å². The second-order valence-corrected chi connectivity index (χ2v) is 8.22. The fraction of sp³-hybridized carbons (Fsp3) is 0.167. The molecule has 2 aromatic heterocycles. The molecule has 0 aliphatic heterocycles. The van der Waals surface area contributed by atoms with E-state index in [1.807, 2.05) is 34.9 Å². The van der Waals surface area contributed by atoms with Crippen LogP contribution in [0.25, 0.3) is 10.9 Å². The highest BCUT2D eigenvalue weighted by molar-refractivity contribution is 14.1. The molecule has 31 heavy (non-hydrogen) atoms. The lowest BCUT2D eigenvalue weighted by atomic mass is 10.1. The molecule has 0 bridgehead atoms. The van der Waals surface area contributed by atoms with Crippen molar-refractivity contribution in [2.75, 3.05) is 11.9 Å². The summed E-state index contributed by atoms with van der Waals surface area (Å²) >= 11 is 2.06. The van der Waals surface area contributed by atoms with Gasteiger partial charge in [0.2, 0.25) is 0 Å². The summed E-state index contributed by atoms with van der Waals surface area (Å²) in [6, 6.07) is 16.8. The van der Waals surface area contributed by atoms with E-state index in [0.29, 0.717) is 17.9 Å². The summed E-state index contributed by atoms with van der Waals surface area (Å²) in [5.74, 6) is -0.851. The number of pyridine rings is 1. The van der Waals surface area contributed by atoms with Crippen LogP contribution < -0.4 is 5.32 Å². The first-order chi connectivity index (χ1) is 15.1. The number of benzene rings is 2. The minimum atomic E-state index is -0.458. The predicted octanol–water partition coefficient (Wildman–Crippen LogP) is 5.94. The Hall–Kier alpha value is -2.94. The Morgan fingerprint density at radius 1 is 1.19 bits per heavy atom. The first-order valence-electron chi connectivity index (χ1n) is 9.97. The van der Waals surface area contributed by atoms with Crippen molar-refractivity contribution in [2.45, 2.75) is 19.9 Å². The van der Waals surface area contributed by atoms with Gasteiger partial charge in [-0.15, -0.1) is 0 Å². The molecule has 7 heteroatoms. The highest BCUT2D eigenvalue weighted by Crippen LogP contribution is 2.35. The molecule has 0 saturated carbocycles. The standard InChI is InChI=1S/C24H21FIN3O2/c1-2-31-24(30)23-22(28-20-9-8-17(26)14-19(20)25)18-15-27-12-10-21(18)29(23)13-11-16-6-4-3-5-7-16/h3-10,12,14-15,28H,2,11,13H2,1H3. The van der Waals surface area contributed by atoms with Gasteiger partial charge in [0.05, 0.1) is 23.5 Å². The molecule has 2 aromatic carbocycles. The van der Waals surface area contributed by atoms with Crippen LogP contribution in [-0.4, -0.2) is 22.1 Å². The first kappa shape index (κ1) is 21.3. The van der Waals surface area contributed by atoms with Crippen molar-refractivity contribution in [1.82, 2.24) is 9.55 Å². The van der Waals surface area contributed by atoms with Gasteiger partial charge in [-0.1, -0.05) is 30.3 Å². The van der Waals surface area contributed by atoms with Crippen molar-refractivity contribution >= 4 is 50.8 Å². The number of halogens is 2. The smallest absolute Gasteiger partial charge is 0.357 e. The normalized spacial score (nSPS) is 10.9. The maximum absolute atomic E-state index is 14.6. The molecule has 2 heterocycles. The largest absolute Gasteiger partial charge is 0.461 e. The molecule has 0 aliphatic rings. The van der Waals surface area contributed by atoms with E-state index in [-0.39, 0.29) is 12.3 Å². The zero-order valence-electron chi connectivity index (χ0n) is 16.9. The molecule has 0 amide bonds. The Kier molecular flexibility index (Phi) is 6.50. The Morgan fingerprint density at radius 2 is 2.00 bits per heavy atom. The lowest BCUT2D eigenvalue weighted by Crippen LogP contribution is -2.15. The Morgan fingerprint density at radius 3 is 2.74 bits per heavy atom. The molecule has 1 N–H and O–H groups in total. The highest BCUT2D eigenvalue weighted by atomic mass is 127. The number of carbonyl (C=O) groups is 1. The minimum absolute atomic E-state index is 0.245. The first-order valence-corrected chi connectivity index (χ1v) is 11.1. The topological polar surface area (TPSA) is 56.1 Å². The third-order valence-corrected chi connectivity index (χ3v) is 5.66. The number of aromatic nitrogens is 2. The molecule has 0 spiro atoms. The summed E-state index contributed by atoms with van der Waals surface area (Å²) in [7, 11) is 0. The second-order valence-electron chi connectivity index (χ2n) is 6.97. The van der Waals surface area contributed by atoms with Crippen molar-refractivity contribution in [2.24, 2.45) is 0 Å². The van der Waals surface area contributed by atoms with Crippen LogP contribution in [0.2, 0.25) is 0 Å². The van der Waals surface area contributed by atoms with E-state index in [9.17, 15) is 9.18 Å². The number of anilines is 2. The summed E-state index contributed by atoms with van der Waals surface area (Å²) in [6.07, 6.45) is 4.10. The summed E-state index contributed by atoms with van der Waals surface area (Å²) in [4.78, 5) is 17.2. The third-order valence-electron chi connectivity index (χ3n) is 4.99. The zero-order chi connectivity index (χ0) is 21.8. The number of esters is 1. The van der Waals surface area contributed by atoms with Gasteiger partial charge < -0.3 is 14.6 Å². The molecular formula is C24H21FIN3O2. The predicted molar refractivity (Wildman–Crippen MR) is 128 cm³/mol. The summed E-state index contributed by atoms with van der Waals surface area (Å²) in [5.41, 5.74) is 3.14. The molecule has 4 aromatic rings.